The van der Waals surface area contributed by atoms with Crippen molar-refractivity contribution in [1.29, 1.82) is 0 Å². The Morgan fingerprint density at radius 3 is 1.82 bits per heavy atom. The molecule has 0 amide bonds. The Hall–Kier alpha value is 0.870. The third-order valence-corrected chi connectivity index (χ3v) is 2.63. The van der Waals surface area contributed by atoms with Gasteiger partial charge in [-0.15, -0.1) is 0 Å². The molecule has 60 valence electrons. The van der Waals surface area contributed by atoms with Crippen molar-refractivity contribution >= 4 is 10.3 Å². The molecule has 4 nitrogen and oxygen atoms in total. The fourth-order valence-electron chi connectivity index (χ4n) is 1.09. The van der Waals surface area contributed by atoms with Crippen LogP contribution in [0.4, 0.5) is 0 Å². The van der Waals surface area contributed by atoms with Crippen molar-refractivity contribution in [3.8, 4) is 0 Å². The van der Waals surface area contributed by atoms with Gasteiger partial charge >= 0.3 is 29.6 Å². The van der Waals surface area contributed by atoms with Crippen LogP contribution in [0, 0.1) is 0 Å². The van der Waals surface area contributed by atoms with Gasteiger partial charge in [0.25, 0.3) is 0 Å². The van der Waals surface area contributed by atoms with Crippen LogP contribution in [0.15, 0.2) is 0 Å². The summed E-state index contributed by atoms with van der Waals surface area (Å²) in [6.07, 6.45) is 2.68. The largest absolute Gasteiger partial charge is 1.00 e. The predicted molar refractivity (Wildman–Crippen MR) is 35.1 cm³/mol. The van der Waals surface area contributed by atoms with E-state index in [4.69, 9.17) is 0 Å². The second-order valence-electron chi connectivity index (χ2n) is 2.42. The number of nitrogens with zero attached hydrogens (tertiary/aromatic N) is 1. The standard InChI is InChI=1S/C5H11NO3S.Na/c7-10(8,9)6-4-2-1-3-5-6;/h1-5H2,(H,7,8,9);/q;+1/p-1. The van der Waals surface area contributed by atoms with Crippen molar-refractivity contribution in [3.05, 3.63) is 0 Å². The molecule has 0 N–H and O–H groups in total. The van der Waals surface area contributed by atoms with Gasteiger partial charge in [0.15, 0.2) is 10.3 Å². The first-order valence-corrected chi connectivity index (χ1v) is 4.68. The van der Waals surface area contributed by atoms with Crippen molar-refractivity contribution < 1.29 is 42.5 Å². The van der Waals surface area contributed by atoms with Gasteiger partial charge in [0.2, 0.25) is 0 Å². The summed E-state index contributed by atoms with van der Waals surface area (Å²) in [6, 6.07) is 0. The molecule has 6 heteroatoms. The van der Waals surface area contributed by atoms with Gasteiger partial charge in [-0.25, -0.2) is 12.7 Å². The zero-order valence-electron chi connectivity index (χ0n) is 6.62. The third-order valence-electron chi connectivity index (χ3n) is 1.63. The molecule has 1 rings (SSSR count). The van der Waals surface area contributed by atoms with Crippen LogP contribution in [-0.2, 0) is 10.3 Å². The van der Waals surface area contributed by atoms with Gasteiger partial charge in [-0.2, -0.15) is 0 Å². The summed E-state index contributed by atoms with van der Waals surface area (Å²) in [5.74, 6) is 0. The summed E-state index contributed by atoms with van der Waals surface area (Å²) < 4.78 is 32.1. The van der Waals surface area contributed by atoms with E-state index >= 15 is 0 Å². The molecule has 1 fully saturated rings. The molecule has 0 aromatic heterocycles. The molecule has 0 radical (unpaired) electrons. The van der Waals surface area contributed by atoms with E-state index in [0.717, 1.165) is 23.6 Å². The van der Waals surface area contributed by atoms with Crippen LogP contribution >= 0.6 is 0 Å². The minimum Gasteiger partial charge on any atom is -0.735 e. The molecule has 0 aromatic carbocycles. The fraction of sp³-hybridized carbons (Fsp3) is 1.00. The van der Waals surface area contributed by atoms with Crippen molar-refractivity contribution in [1.82, 2.24) is 4.31 Å². The summed E-state index contributed by atoms with van der Waals surface area (Å²) in [5, 5.41) is 0. The molecule has 0 saturated carbocycles. The van der Waals surface area contributed by atoms with Gasteiger partial charge in [0.05, 0.1) is 0 Å². The molecule has 0 atom stereocenters. The van der Waals surface area contributed by atoms with E-state index in [9.17, 15) is 13.0 Å². The maximum atomic E-state index is 10.4. The van der Waals surface area contributed by atoms with Gasteiger partial charge < -0.3 is 4.55 Å². The molecule has 0 spiro atoms. The minimum atomic E-state index is -4.14. The van der Waals surface area contributed by atoms with Gasteiger partial charge in [0, 0.05) is 13.1 Å². The second-order valence-corrected chi connectivity index (χ2v) is 3.79. The molecule has 0 aliphatic carbocycles. The Bertz CT molecular complexity index is 198. The smallest absolute Gasteiger partial charge is 0.735 e. The van der Waals surface area contributed by atoms with E-state index < -0.39 is 10.3 Å². The van der Waals surface area contributed by atoms with Gasteiger partial charge in [-0.1, -0.05) is 6.42 Å². The van der Waals surface area contributed by atoms with Crippen LogP contribution in [0.3, 0.4) is 0 Å². The molecular weight excluding hydrogens is 177 g/mol. The molecule has 1 aliphatic heterocycles. The van der Waals surface area contributed by atoms with Crippen LogP contribution in [0.5, 0.6) is 0 Å². The van der Waals surface area contributed by atoms with E-state index in [-0.39, 0.29) is 29.6 Å². The van der Waals surface area contributed by atoms with Crippen molar-refractivity contribution in [2.24, 2.45) is 0 Å². The summed E-state index contributed by atoms with van der Waals surface area (Å²) >= 11 is 0. The van der Waals surface area contributed by atoms with E-state index in [0.29, 0.717) is 13.1 Å². The summed E-state index contributed by atoms with van der Waals surface area (Å²) in [6.45, 7) is 0.817. The molecule has 0 aromatic rings. The van der Waals surface area contributed by atoms with Crippen molar-refractivity contribution in [2.75, 3.05) is 13.1 Å². The minimum absolute atomic E-state index is 0. The topological polar surface area (TPSA) is 60.4 Å². The Balaban J connectivity index is 0.000001000. The summed E-state index contributed by atoms with van der Waals surface area (Å²) in [4.78, 5) is 0. The van der Waals surface area contributed by atoms with Crippen LogP contribution in [0.2, 0.25) is 0 Å². The molecule has 1 heterocycles. The van der Waals surface area contributed by atoms with Gasteiger partial charge in [-0.3, -0.25) is 0 Å². The average molecular weight is 187 g/mol. The molecule has 1 saturated heterocycles. The molecule has 1 aliphatic rings. The normalized spacial score (nSPS) is 20.8. The Morgan fingerprint density at radius 2 is 1.55 bits per heavy atom. The second kappa shape index (κ2) is 4.79. The third kappa shape index (κ3) is 3.87. The molecule has 0 unspecified atom stereocenters. The monoisotopic (exact) mass is 187 g/mol. The van der Waals surface area contributed by atoms with Crippen LogP contribution < -0.4 is 29.6 Å². The predicted octanol–water partition coefficient (Wildman–Crippen LogP) is -3.06. The van der Waals surface area contributed by atoms with Crippen molar-refractivity contribution in [3.63, 3.8) is 0 Å². The van der Waals surface area contributed by atoms with Gasteiger partial charge in [-0.05, 0) is 12.8 Å². The Labute approximate surface area is 89.1 Å². The number of piperidine rings is 1. The average Bonchev–Trinajstić information content (AvgIpc) is 1.88. The maximum absolute atomic E-state index is 10.4. The first-order chi connectivity index (χ1) is 4.61. The van der Waals surface area contributed by atoms with Crippen LogP contribution in [0.25, 0.3) is 0 Å². The molecule has 0 bridgehead atoms. The van der Waals surface area contributed by atoms with E-state index in [2.05, 4.69) is 0 Å². The van der Waals surface area contributed by atoms with E-state index in [1.54, 1.807) is 0 Å². The Kier molecular flexibility index (Phi) is 5.17. The number of hydrogen-bond donors (Lipinski definition) is 0. The zero-order chi connectivity index (χ0) is 7.61. The zero-order valence-corrected chi connectivity index (χ0v) is 9.43. The summed E-state index contributed by atoms with van der Waals surface area (Å²) in [5.41, 5.74) is 0. The van der Waals surface area contributed by atoms with E-state index in [1.165, 1.54) is 0 Å². The molecule has 11 heavy (non-hydrogen) atoms. The van der Waals surface area contributed by atoms with Gasteiger partial charge in [0.1, 0.15) is 0 Å². The first kappa shape index (κ1) is 11.9. The Morgan fingerprint density at radius 1 is 1.09 bits per heavy atom. The van der Waals surface area contributed by atoms with E-state index in [1.807, 2.05) is 0 Å². The first-order valence-electron chi connectivity index (χ1n) is 3.32. The fourth-order valence-corrected chi connectivity index (χ4v) is 1.79. The molecular formula is C5H10NNaO3S. The SMILES string of the molecule is O=S(=O)([O-])N1CCCCC1.[Na+]. The van der Waals surface area contributed by atoms with Crippen LogP contribution in [0.1, 0.15) is 19.3 Å². The van der Waals surface area contributed by atoms with Crippen LogP contribution in [-0.4, -0.2) is 30.4 Å². The summed E-state index contributed by atoms with van der Waals surface area (Å²) in [7, 11) is -4.14. The van der Waals surface area contributed by atoms with Crippen molar-refractivity contribution in [2.45, 2.75) is 19.3 Å². The maximum Gasteiger partial charge on any atom is 1.00 e. The quantitative estimate of drug-likeness (QED) is 0.323. The number of hydrogen-bond acceptors (Lipinski definition) is 3. The number of rotatable bonds is 1.